The fourth-order valence-corrected chi connectivity index (χ4v) is 1.95. The van der Waals surface area contributed by atoms with Crippen LogP contribution in [0.3, 0.4) is 0 Å². The average Bonchev–Trinajstić information content (AvgIpc) is 2.67. The number of hydrogen-bond donors (Lipinski definition) is 2. The summed E-state index contributed by atoms with van der Waals surface area (Å²) in [6.45, 7) is 1.92. The molecule has 0 aliphatic carbocycles. The van der Waals surface area contributed by atoms with Gasteiger partial charge in [-0.15, -0.1) is 0 Å². The number of nitrogens with zero attached hydrogens (tertiary/aromatic N) is 1. The number of rotatable bonds is 3. The maximum atomic E-state index is 13.5. The molecule has 0 unspecified atom stereocenters. The molecular weight excluding hydrogens is 288 g/mol. The summed E-state index contributed by atoms with van der Waals surface area (Å²) in [6, 6.07) is 4.62. The van der Waals surface area contributed by atoms with E-state index in [2.05, 4.69) is 10.3 Å². The number of allylic oxidation sites excluding steroid dienone is 2. The summed E-state index contributed by atoms with van der Waals surface area (Å²) in [6.07, 6.45) is -2.95. The average molecular weight is 302 g/mol. The van der Waals surface area contributed by atoms with Crippen molar-refractivity contribution in [2.24, 2.45) is 4.99 Å². The van der Waals surface area contributed by atoms with Gasteiger partial charge >= 0.3 is 12.3 Å². The van der Waals surface area contributed by atoms with Gasteiger partial charge in [-0.1, -0.05) is 11.6 Å². The van der Waals surface area contributed by atoms with Crippen LogP contribution in [0.1, 0.15) is 11.1 Å². The maximum Gasteiger partial charge on any atom is 0.346 e. The van der Waals surface area contributed by atoms with E-state index in [1.165, 1.54) is 6.07 Å². The second-order valence-corrected chi connectivity index (χ2v) is 4.70. The van der Waals surface area contributed by atoms with Crippen molar-refractivity contribution >= 4 is 5.71 Å². The molecule has 21 heavy (non-hydrogen) atoms. The molecule has 0 aromatic heterocycles. The first-order chi connectivity index (χ1) is 9.82. The van der Waals surface area contributed by atoms with Crippen LogP contribution in [0.4, 0.5) is 17.6 Å². The topological polar surface area (TPSA) is 44.6 Å². The van der Waals surface area contributed by atoms with Crippen molar-refractivity contribution < 1.29 is 22.7 Å². The predicted molar refractivity (Wildman–Crippen MR) is 71.3 cm³/mol. The normalized spacial score (nSPS) is 16.1. The molecule has 0 saturated carbocycles. The van der Waals surface area contributed by atoms with Crippen molar-refractivity contribution in [3.05, 3.63) is 41.1 Å². The van der Waals surface area contributed by atoms with Crippen LogP contribution < -0.4 is 5.32 Å². The van der Waals surface area contributed by atoms with E-state index in [9.17, 15) is 22.7 Å². The molecule has 0 radical (unpaired) electrons. The smallest absolute Gasteiger partial charge is 0.346 e. The molecule has 0 spiro atoms. The number of aliphatic imine (C=N–C) groups is 1. The molecule has 0 fully saturated rings. The Labute approximate surface area is 119 Å². The third kappa shape index (κ3) is 3.17. The molecule has 0 bridgehead atoms. The molecule has 3 nitrogen and oxygen atoms in total. The molecule has 1 aliphatic rings. The van der Waals surface area contributed by atoms with Crippen molar-refractivity contribution in [3.63, 3.8) is 0 Å². The van der Waals surface area contributed by atoms with Crippen LogP contribution >= 0.6 is 0 Å². The molecular formula is C14H14F4N2O. The van der Waals surface area contributed by atoms with Crippen molar-refractivity contribution in [3.8, 4) is 5.75 Å². The summed E-state index contributed by atoms with van der Waals surface area (Å²) in [7, 11) is 0. The lowest BCUT2D eigenvalue weighted by Gasteiger charge is -2.19. The molecule has 1 heterocycles. The molecule has 0 saturated heterocycles. The standard InChI is InChI=1S/C14H14F4N2O/c1-8-2-3-11(21)9(6-8)10-7-12(20-5-4-19-10)14(17,18)13(15)16/h2-3,6-7,13,20-21H,4-5H2,1H3. The number of halogens is 4. The van der Waals surface area contributed by atoms with Gasteiger partial charge in [0, 0.05) is 12.1 Å². The molecule has 0 atom stereocenters. The summed E-state index contributed by atoms with van der Waals surface area (Å²) < 4.78 is 51.9. The number of hydrogen-bond acceptors (Lipinski definition) is 3. The number of phenolic OH excluding ortho intramolecular Hbond substituents is 1. The van der Waals surface area contributed by atoms with Crippen molar-refractivity contribution in [2.45, 2.75) is 19.3 Å². The van der Waals surface area contributed by atoms with Gasteiger partial charge in [-0.25, -0.2) is 8.78 Å². The highest BCUT2D eigenvalue weighted by Crippen LogP contribution is 2.31. The highest BCUT2D eigenvalue weighted by Gasteiger charge is 2.45. The lowest BCUT2D eigenvalue weighted by Crippen LogP contribution is -2.37. The quantitative estimate of drug-likeness (QED) is 0.843. The van der Waals surface area contributed by atoms with E-state index in [1.54, 1.807) is 19.1 Å². The van der Waals surface area contributed by atoms with Crippen LogP contribution in [0.15, 0.2) is 35.0 Å². The SMILES string of the molecule is Cc1ccc(O)c(C2=NCCNC(C(F)(F)C(F)F)=C2)c1. The Morgan fingerprint density at radius 3 is 2.71 bits per heavy atom. The Bertz CT molecular complexity index is 597. The van der Waals surface area contributed by atoms with Crippen LogP contribution in [0, 0.1) is 6.92 Å². The molecule has 114 valence electrons. The second kappa shape index (κ2) is 5.75. The summed E-state index contributed by atoms with van der Waals surface area (Å²) in [5.41, 5.74) is 0.186. The molecule has 7 heteroatoms. The van der Waals surface area contributed by atoms with Gasteiger partial charge in [0.05, 0.1) is 18.0 Å². The fourth-order valence-electron chi connectivity index (χ4n) is 1.95. The zero-order chi connectivity index (χ0) is 15.6. The van der Waals surface area contributed by atoms with E-state index >= 15 is 0 Å². The highest BCUT2D eigenvalue weighted by atomic mass is 19.3. The van der Waals surface area contributed by atoms with Crippen LogP contribution in [-0.2, 0) is 0 Å². The lowest BCUT2D eigenvalue weighted by molar-refractivity contribution is -0.103. The molecule has 2 N–H and O–H groups in total. The van der Waals surface area contributed by atoms with Crippen molar-refractivity contribution in [2.75, 3.05) is 13.1 Å². The van der Waals surface area contributed by atoms with E-state index in [-0.39, 0.29) is 30.1 Å². The van der Waals surface area contributed by atoms with Gasteiger partial charge in [-0.2, -0.15) is 8.78 Å². The van der Waals surface area contributed by atoms with Crippen LogP contribution in [0.25, 0.3) is 0 Å². The molecule has 0 amide bonds. The van der Waals surface area contributed by atoms with Crippen LogP contribution in [0.5, 0.6) is 5.75 Å². The number of phenols is 1. The zero-order valence-electron chi connectivity index (χ0n) is 11.2. The summed E-state index contributed by atoms with van der Waals surface area (Å²) in [5.74, 6) is -4.43. The summed E-state index contributed by atoms with van der Waals surface area (Å²) in [4.78, 5) is 4.06. The predicted octanol–water partition coefficient (Wildman–Crippen LogP) is 2.88. The fraction of sp³-hybridized carbons (Fsp3) is 0.357. The number of benzene rings is 1. The number of aromatic hydroxyl groups is 1. The van der Waals surface area contributed by atoms with Crippen molar-refractivity contribution in [1.29, 1.82) is 0 Å². The maximum absolute atomic E-state index is 13.5. The molecule has 1 aromatic carbocycles. The van der Waals surface area contributed by atoms with Gasteiger partial charge in [0.2, 0.25) is 0 Å². The van der Waals surface area contributed by atoms with E-state index in [1.807, 2.05) is 0 Å². The molecule has 2 rings (SSSR count). The van der Waals surface area contributed by atoms with E-state index < -0.39 is 18.0 Å². The summed E-state index contributed by atoms with van der Waals surface area (Å²) in [5, 5.41) is 12.1. The van der Waals surface area contributed by atoms with E-state index in [4.69, 9.17) is 0 Å². The van der Waals surface area contributed by atoms with E-state index in [0.29, 0.717) is 0 Å². The first-order valence-electron chi connectivity index (χ1n) is 6.29. The van der Waals surface area contributed by atoms with Gasteiger partial charge in [-0.3, -0.25) is 4.99 Å². The van der Waals surface area contributed by atoms with Crippen LogP contribution in [-0.4, -0.2) is 36.3 Å². The number of alkyl halides is 4. The Kier molecular flexibility index (Phi) is 4.20. The molecule has 1 aliphatic heterocycles. The minimum atomic E-state index is -4.29. The lowest BCUT2D eigenvalue weighted by atomic mass is 10.0. The van der Waals surface area contributed by atoms with Gasteiger partial charge < -0.3 is 10.4 Å². The van der Waals surface area contributed by atoms with E-state index in [0.717, 1.165) is 11.6 Å². The van der Waals surface area contributed by atoms with Crippen LogP contribution in [0.2, 0.25) is 0 Å². The number of aryl methyl sites for hydroxylation is 1. The highest BCUT2D eigenvalue weighted by molar-refractivity contribution is 6.11. The molecule has 1 aromatic rings. The Hall–Kier alpha value is -2.05. The third-order valence-corrected chi connectivity index (χ3v) is 3.05. The number of nitrogens with one attached hydrogen (secondary N) is 1. The zero-order valence-corrected chi connectivity index (χ0v) is 11.2. The Morgan fingerprint density at radius 2 is 2.05 bits per heavy atom. The monoisotopic (exact) mass is 302 g/mol. The van der Waals surface area contributed by atoms with Gasteiger partial charge in [0.15, 0.2) is 0 Å². The van der Waals surface area contributed by atoms with Gasteiger partial charge in [-0.05, 0) is 25.1 Å². The largest absolute Gasteiger partial charge is 0.507 e. The third-order valence-electron chi connectivity index (χ3n) is 3.05. The minimum absolute atomic E-state index is 0.0181. The minimum Gasteiger partial charge on any atom is -0.507 e. The Morgan fingerprint density at radius 1 is 1.33 bits per heavy atom. The van der Waals surface area contributed by atoms with Crippen molar-refractivity contribution in [1.82, 2.24) is 5.32 Å². The second-order valence-electron chi connectivity index (χ2n) is 4.70. The Balaban J connectivity index is 2.47. The summed E-state index contributed by atoms with van der Waals surface area (Å²) >= 11 is 0. The first kappa shape index (κ1) is 15.3. The van der Waals surface area contributed by atoms with Gasteiger partial charge in [0.1, 0.15) is 5.75 Å². The first-order valence-corrected chi connectivity index (χ1v) is 6.29. The van der Waals surface area contributed by atoms with Gasteiger partial charge in [0.25, 0.3) is 0 Å².